The third-order valence-electron chi connectivity index (χ3n) is 13.7. The summed E-state index contributed by atoms with van der Waals surface area (Å²) in [6.45, 7) is 0. The second-order valence-corrected chi connectivity index (χ2v) is 17.5. The molecule has 0 unspecified atom stereocenters. The Kier molecular flexibility index (Phi) is 8.48. The zero-order chi connectivity index (χ0) is 44.7. The van der Waals surface area contributed by atoms with Gasteiger partial charge in [0.1, 0.15) is 0 Å². The lowest BCUT2D eigenvalue weighted by molar-refractivity contribution is 1.13. The predicted octanol–water partition coefficient (Wildman–Crippen LogP) is 16.3. The Morgan fingerprint density at radius 1 is 0.309 bits per heavy atom. The van der Waals surface area contributed by atoms with Crippen LogP contribution in [0.15, 0.2) is 231 Å². The first-order chi connectivity index (χ1) is 33.8. The van der Waals surface area contributed by atoms with E-state index in [-0.39, 0.29) is 0 Å². The third kappa shape index (κ3) is 5.77. The fourth-order valence-electron chi connectivity index (χ4n) is 10.8. The molecule has 0 atom stereocenters. The van der Waals surface area contributed by atoms with Gasteiger partial charge in [0.15, 0.2) is 0 Å². The molecule has 6 heterocycles. The van der Waals surface area contributed by atoms with Crippen LogP contribution in [0, 0.1) is 0 Å². The number of benzene rings is 8. The Hall–Kier alpha value is -9.26. The van der Waals surface area contributed by atoms with Crippen molar-refractivity contribution in [3.05, 3.63) is 242 Å². The molecule has 0 bridgehead atoms. The van der Waals surface area contributed by atoms with Gasteiger partial charge in [-0.05, 0) is 90.0 Å². The number of aromatic nitrogens is 4. The molecular weight excluding hydrogens is 829 g/mol. The van der Waals surface area contributed by atoms with Crippen molar-refractivity contribution < 1.29 is 0 Å². The molecule has 0 N–H and O–H groups in total. The molecule has 0 spiro atoms. The zero-order valence-corrected chi connectivity index (χ0v) is 36.8. The molecule has 318 valence electrons. The van der Waals surface area contributed by atoms with Crippen molar-refractivity contribution in [3.8, 4) is 44.9 Å². The van der Waals surface area contributed by atoms with Crippen LogP contribution in [-0.2, 0) is 0 Å². The van der Waals surface area contributed by atoms with Gasteiger partial charge in [0.25, 0.3) is 0 Å². The standard InChI is InChI=1S/C62H40N6/c1-3-18-45(19-4-1)65-54-26-12-7-17-41(54)31-32-42-35-53-49-22-8-13-27-55(49)67(60(53)36-59(42)65)48-34-44(38-64-40-48)43-33-47(39-63-37-43)66-56-28-14-9-23-50(56)61-51-24-10-15-29-57(51)68(46-20-5-2-6-21-46)62(61)52-25-11-16-30-58(52)66/h1-40H. The molecule has 0 fully saturated rings. The fourth-order valence-corrected chi connectivity index (χ4v) is 10.8. The molecule has 6 nitrogen and oxygen atoms in total. The quantitative estimate of drug-likeness (QED) is 0.173. The summed E-state index contributed by atoms with van der Waals surface area (Å²) in [6.07, 6.45) is 12.4. The minimum absolute atomic E-state index is 0.961. The van der Waals surface area contributed by atoms with Crippen molar-refractivity contribution in [3.63, 3.8) is 0 Å². The maximum absolute atomic E-state index is 4.98. The van der Waals surface area contributed by atoms with Crippen molar-refractivity contribution in [2.75, 3.05) is 9.80 Å². The second-order valence-electron chi connectivity index (χ2n) is 17.5. The molecule has 4 aromatic heterocycles. The van der Waals surface area contributed by atoms with Gasteiger partial charge in [0.2, 0.25) is 0 Å². The maximum Gasteiger partial charge on any atom is 0.0651 e. The molecule has 8 aromatic carbocycles. The number of pyridine rings is 2. The van der Waals surface area contributed by atoms with E-state index in [2.05, 4.69) is 237 Å². The van der Waals surface area contributed by atoms with Gasteiger partial charge in [-0.25, -0.2) is 0 Å². The van der Waals surface area contributed by atoms with Crippen LogP contribution < -0.4 is 9.80 Å². The minimum atomic E-state index is 0.961. The van der Waals surface area contributed by atoms with Gasteiger partial charge >= 0.3 is 0 Å². The summed E-state index contributed by atoms with van der Waals surface area (Å²) in [7, 11) is 0. The summed E-state index contributed by atoms with van der Waals surface area (Å²) in [4.78, 5) is 14.7. The van der Waals surface area contributed by atoms with E-state index in [4.69, 9.17) is 9.97 Å². The van der Waals surface area contributed by atoms with E-state index < -0.39 is 0 Å². The molecule has 2 aliphatic heterocycles. The molecule has 0 amide bonds. The number of para-hydroxylation sites is 7. The highest BCUT2D eigenvalue weighted by molar-refractivity contribution is 6.14. The van der Waals surface area contributed by atoms with Gasteiger partial charge in [-0.2, -0.15) is 0 Å². The van der Waals surface area contributed by atoms with Crippen LogP contribution in [0.4, 0.5) is 34.1 Å². The summed E-state index contributed by atoms with van der Waals surface area (Å²) in [5.74, 6) is 0. The summed E-state index contributed by atoms with van der Waals surface area (Å²) in [5.41, 5.74) is 20.9. The monoisotopic (exact) mass is 868 g/mol. The zero-order valence-electron chi connectivity index (χ0n) is 36.8. The summed E-state index contributed by atoms with van der Waals surface area (Å²) in [6, 6.07) is 74.3. The van der Waals surface area contributed by atoms with Crippen molar-refractivity contribution in [2.45, 2.75) is 0 Å². The molecule has 6 heteroatoms. The van der Waals surface area contributed by atoms with Crippen LogP contribution in [0.2, 0.25) is 0 Å². The SMILES string of the molecule is C1=Cc2cc3c4ccccc4n(-c4cncc(-c5cncc(N6c7ccccc7-c7c(n(-c8ccccc8)c8ccccc78)-c7ccccc76)c5)c4)c3cc2N(c2ccccc2)c2ccccc21. The number of anilines is 6. The van der Waals surface area contributed by atoms with E-state index in [1.54, 1.807) is 0 Å². The lowest BCUT2D eigenvalue weighted by atomic mass is 9.98. The van der Waals surface area contributed by atoms with Crippen molar-refractivity contribution in [2.24, 2.45) is 0 Å². The molecule has 12 aromatic rings. The Morgan fingerprint density at radius 3 is 1.62 bits per heavy atom. The lowest BCUT2D eigenvalue weighted by Gasteiger charge is -2.27. The number of rotatable bonds is 5. The molecule has 68 heavy (non-hydrogen) atoms. The molecule has 2 aliphatic rings. The summed E-state index contributed by atoms with van der Waals surface area (Å²) >= 11 is 0. The average Bonchev–Trinajstić information content (AvgIpc) is 3.81. The Labute approximate surface area is 393 Å². The van der Waals surface area contributed by atoms with Crippen LogP contribution in [0.5, 0.6) is 0 Å². The van der Waals surface area contributed by atoms with E-state index in [1.165, 1.54) is 38.5 Å². The Bertz CT molecular complexity index is 3990. The average molecular weight is 869 g/mol. The topological polar surface area (TPSA) is 42.1 Å². The van der Waals surface area contributed by atoms with Crippen LogP contribution in [0.25, 0.3) is 89.7 Å². The Balaban J connectivity index is 0.938. The van der Waals surface area contributed by atoms with Crippen molar-refractivity contribution in [1.29, 1.82) is 0 Å². The molecule has 0 saturated heterocycles. The van der Waals surface area contributed by atoms with Crippen LogP contribution in [0.1, 0.15) is 11.1 Å². The van der Waals surface area contributed by atoms with Gasteiger partial charge in [-0.15, -0.1) is 0 Å². The number of fused-ring (bicyclic) bond motifs is 12. The fraction of sp³-hybridized carbons (Fsp3) is 0. The maximum atomic E-state index is 4.98. The normalized spacial score (nSPS) is 12.6. The highest BCUT2D eigenvalue weighted by Crippen LogP contribution is 2.54. The molecule has 14 rings (SSSR count). The Morgan fingerprint density at radius 2 is 0.853 bits per heavy atom. The number of hydrogen-bond acceptors (Lipinski definition) is 4. The lowest BCUT2D eigenvalue weighted by Crippen LogP contribution is -2.12. The van der Waals surface area contributed by atoms with E-state index >= 15 is 0 Å². The third-order valence-corrected chi connectivity index (χ3v) is 13.7. The van der Waals surface area contributed by atoms with Gasteiger partial charge in [-0.3, -0.25) is 9.97 Å². The van der Waals surface area contributed by atoms with Gasteiger partial charge < -0.3 is 18.9 Å². The molecule has 0 radical (unpaired) electrons. The highest BCUT2D eigenvalue weighted by atomic mass is 15.2. The van der Waals surface area contributed by atoms with E-state index in [1.807, 2.05) is 24.8 Å². The van der Waals surface area contributed by atoms with Crippen LogP contribution in [-0.4, -0.2) is 19.1 Å². The van der Waals surface area contributed by atoms with Crippen molar-refractivity contribution >= 4 is 79.0 Å². The van der Waals surface area contributed by atoms with Gasteiger partial charge in [0, 0.05) is 67.7 Å². The van der Waals surface area contributed by atoms with Crippen LogP contribution in [0.3, 0.4) is 0 Å². The first kappa shape index (κ1) is 38.1. The molecule has 0 saturated carbocycles. The van der Waals surface area contributed by atoms with Crippen LogP contribution >= 0.6 is 0 Å². The minimum Gasteiger partial charge on any atom is -0.309 e. The largest absolute Gasteiger partial charge is 0.309 e. The second kappa shape index (κ2) is 15.2. The highest BCUT2D eigenvalue weighted by Gasteiger charge is 2.32. The van der Waals surface area contributed by atoms with E-state index in [9.17, 15) is 0 Å². The van der Waals surface area contributed by atoms with Gasteiger partial charge in [-0.1, -0.05) is 140 Å². The number of nitrogens with zero attached hydrogens (tertiary/aromatic N) is 6. The van der Waals surface area contributed by atoms with E-state index in [0.29, 0.717) is 0 Å². The molecule has 0 aliphatic carbocycles. The summed E-state index contributed by atoms with van der Waals surface area (Å²) in [5, 5.41) is 3.58. The van der Waals surface area contributed by atoms with Gasteiger partial charge in [0.05, 0.1) is 68.8 Å². The predicted molar refractivity (Wildman–Crippen MR) is 281 cm³/mol. The van der Waals surface area contributed by atoms with E-state index in [0.717, 1.165) is 84.3 Å². The molecular formula is C62H40N6. The van der Waals surface area contributed by atoms with Crippen molar-refractivity contribution in [1.82, 2.24) is 19.1 Å². The summed E-state index contributed by atoms with van der Waals surface area (Å²) < 4.78 is 4.80. The first-order valence-electron chi connectivity index (χ1n) is 23.0. The first-order valence-corrected chi connectivity index (χ1v) is 23.0. The number of hydrogen-bond donors (Lipinski definition) is 0. The smallest absolute Gasteiger partial charge is 0.0651 e.